The number of fused-ring (bicyclic) bond motifs is 13. The van der Waals surface area contributed by atoms with Gasteiger partial charge in [0.1, 0.15) is 16.7 Å². The molecule has 0 unspecified atom stereocenters. The van der Waals surface area contributed by atoms with Crippen LogP contribution in [0, 0.1) is 0 Å². The van der Waals surface area contributed by atoms with E-state index in [-0.39, 0.29) is 5.41 Å². The lowest BCUT2D eigenvalue weighted by Crippen LogP contribution is -2.16. The second-order valence-corrected chi connectivity index (χ2v) is 18.5. The van der Waals surface area contributed by atoms with Gasteiger partial charge in [-0.15, -0.1) is 0 Å². The number of rotatable bonds is 6. The van der Waals surface area contributed by atoms with Gasteiger partial charge in [-0.25, -0.2) is 0 Å². The van der Waals surface area contributed by atoms with Gasteiger partial charge in [-0.05, 0) is 129 Å². The lowest BCUT2D eigenvalue weighted by molar-refractivity contribution is 0.660. The summed E-state index contributed by atoms with van der Waals surface area (Å²) >= 11 is 0. The molecule has 316 valence electrons. The van der Waals surface area contributed by atoms with Gasteiger partial charge in [0.25, 0.3) is 0 Å². The maximum Gasteiger partial charge on any atom is 0.160 e. The smallest absolute Gasteiger partial charge is 0.160 e. The number of hydrogen-bond acceptors (Lipinski definition) is 3. The average molecular weight is 859 g/mol. The highest BCUT2D eigenvalue weighted by Gasteiger charge is 2.35. The second kappa shape index (κ2) is 14.2. The summed E-state index contributed by atoms with van der Waals surface area (Å²) in [6.07, 6.45) is 0. The lowest BCUT2D eigenvalue weighted by atomic mass is 9.82. The number of nitrogens with zero attached hydrogens (tertiary/aromatic N) is 2. The molecule has 1 aliphatic carbocycles. The van der Waals surface area contributed by atoms with Crippen molar-refractivity contribution in [2.45, 2.75) is 19.3 Å². The van der Waals surface area contributed by atoms with Crippen LogP contribution in [0.5, 0.6) is 0 Å². The van der Waals surface area contributed by atoms with Gasteiger partial charge in [0.2, 0.25) is 0 Å². The molecule has 0 atom stereocenters. The van der Waals surface area contributed by atoms with Crippen molar-refractivity contribution in [3.05, 3.63) is 230 Å². The molecule has 0 fully saturated rings. The molecule has 13 aromatic rings. The first-order chi connectivity index (χ1) is 33.0. The Morgan fingerprint density at radius 2 is 0.910 bits per heavy atom. The van der Waals surface area contributed by atoms with E-state index in [1.807, 2.05) is 18.2 Å². The number of anilines is 3. The maximum absolute atomic E-state index is 6.61. The minimum Gasteiger partial charge on any atom is -0.456 e. The summed E-state index contributed by atoms with van der Waals surface area (Å²) in [4.78, 5) is 2.39. The molecule has 0 radical (unpaired) electrons. The van der Waals surface area contributed by atoms with Crippen molar-refractivity contribution < 1.29 is 8.83 Å². The van der Waals surface area contributed by atoms with E-state index in [0.29, 0.717) is 0 Å². The quantitative estimate of drug-likeness (QED) is 0.167. The molecule has 67 heavy (non-hydrogen) atoms. The molecular formula is C63H42N2O2. The van der Waals surface area contributed by atoms with Crippen molar-refractivity contribution in [3.8, 4) is 39.1 Å². The Balaban J connectivity index is 0.845. The Bertz CT molecular complexity index is 4110. The summed E-state index contributed by atoms with van der Waals surface area (Å²) in [6, 6.07) is 79.0. The first-order valence-electron chi connectivity index (χ1n) is 23.1. The minimum atomic E-state index is -0.124. The molecule has 0 aliphatic heterocycles. The van der Waals surface area contributed by atoms with Crippen molar-refractivity contribution in [3.63, 3.8) is 0 Å². The average Bonchev–Trinajstić information content (AvgIpc) is 4.11. The topological polar surface area (TPSA) is 34.5 Å². The maximum atomic E-state index is 6.61. The fraction of sp³-hybridized carbons (Fsp3) is 0.0476. The van der Waals surface area contributed by atoms with Crippen LogP contribution in [0.4, 0.5) is 17.1 Å². The minimum absolute atomic E-state index is 0.124. The molecule has 0 bridgehead atoms. The van der Waals surface area contributed by atoms with Gasteiger partial charge in [-0.2, -0.15) is 0 Å². The van der Waals surface area contributed by atoms with Gasteiger partial charge < -0.3 is 18.3 Å². The summed E-state index contributed by atoms with van der Waals surface area (Å²) in [5.41, 5.74) is 20.1. The van der Waals surface area contributed by atoms with Gasteiger partial charge in [0.05, 0.1) is 11.0 Å². The summed E-state index contributed by atoms with van der Waals surface area (Å²) < 4.78 is 15.1. The van der Waals surface area contributed by atoms with Crippen molar-refractivity contribution in [1.82, 2.24) is 4.57 Å². The van der Waals surface area contributed by atoms with Gasteiger partial charge in [-0.1, -0.05) is 147 Å². The Labute approximate surface area is 387 Å². The van der Waals surface area contributed by atoms with Gasteiger partial charge in [-0.3, -0.25) is 0 Å². The van der Waals surface area contributed by atoms with Crippen molar-refractivity contribution >= 4 is 82.7 Å². The molecule has 0 saturated carbocycles. The van der Waals surface area contributed by atoms with E-state index in [4.69, 9.17) is 8.83 Å². The Morgan fingerprint density at radius 3 is 1.66 bits per heavy atom. The zero-order chi connectivity index (χ0) is 44.4. The summed E-state index contributed by atoms with van der Waals surface area (Å²) in [5, 5.41) is 6.92. The molecule has 0 amide bonds. The Kier molecular flexibility index (Phi) is 8.00. The van der Waals surface area contributed by atoms with Crippen LogP contribution in [0.15, 0.2) is 227 Å². The van der Waals surface area contributed by atoms with E-state index < -0.39 is 0 Å². The third-order valence-corrected chi connectivity index (χ3v) is 14.4. The van der Waals surface area contributed by atoms with Crippen LogP contribution in [-0.4, -0.2) is 4.57 Å². The van der Waals surface area contributed by atoms with Gasteiger partial charge in [0, 0.05) is 60.5 Å². The lowest BCUT2D eigenvalue weighted by Gasteiger charge is -2.28. The summed E-state index contributed by atoms with van der Waals surface area (Å²) in [6.45, 7) is 4.70. The van der Waals surface area contributed by atoms with Crippen LogP contribution in [0.2, 0.25) is 0 Å². The van der Waals surface area contributed by atoms with Crippen molar-refractivity contribution in [1.29, 1.82) is 0 Å². The van der Waals surface area contributed by atoms with Crippen LogP contribution in [0.25, 0.3) is 105 Å². The van der Waals surface area contributed by atoms with Gasteiger partial charge in [0.15, 0.2) is 5.58 Å². The van der Waals surface area contributed by atoms with Crippen molar-refractivity contribution in [2.24, 2.45) is 0 Å². The molecule has 4 heteroatoms. The van der Waals surface area contributed by atoms with E-state index >= 15 is 0 Å². The zero-order valence-corrected chi connectivity index (χ0v) is 37.0. The molecule has 10 aromatic carbocycles. The molecular weight excluding hydrogens is 817 g/mol. The van der Waals surface area contributed by atoms with Crippen LogP contribution in [-0.2, 0) is 5.41 Å². The number of furan rings is 2. The normalized spacial score (nSPS) is 13.0. The monoisotopic (exact) mass is 858 g/mol. The number of aromatic nitrogens is 1. The van der Waals surface area contributed by atoms with Crippen molar-refractivity contribution in [2.75, 3.05) is 4.90 Å². The van der Waals surface area contributed by atoms with E-state index in [1.54, 1.807) is 0 Å². The van der Waals surface area contributed by atoms with E-state index in [1.165, 1.54) is 33.0 Å². The third-order valence-electron chi connectivity index (χ3n) is 14.4. The fourth-order valence-corrected chi connectivity index (χ4v) is 11.1. The number of benzene rings is 10. The molecule has 4 nitrogen and oxygen atoms in total. The van der Waals surface area contributed by atoms with Crippen LogP contribution < -0.4 is 4.90 Å². The van der Waals surface area contributed by atoms with Crippen LogP contribution >= 0.6 is 0 Å². The molecule has 14 rings (SSSR count). The Morgan fingerprint density at radius 1 is 0.373 bits per heavy atom. The highest BCUT2D eigenvalue weighted by molar-refractivity contribution is 6.21. The highest BCUT2D eigenvalue weighted by Crippen LogP contribution is 2.51. The van der Waals surface area contributed by atoms with Crippen LogP contribution in [0.3, 0.4) is 0 Å². The standard InChI is InChI=1S/C63H42N2O2/c1-63(2)55-15-7-3-11-47(55)48-33-32-46(38-56(48)63)64(44-28-23-41(24-29-44)42-25-36-60-54(37-42)51-14-6-9-17-58(51)66-60)43-26-19-39(20-27-43)40-21-30-45(31-22-40)65-57-16-8-4-12-49(57)52-34-35-53-50-13-5-10-18-59(50)67-62(53)61(52)65/h3-38H,1-2H3. The zero-order valence-electron chi connectivity index (χ0n) is 37.0. The molecule has 1 aliphatic rings. The summed E-state index contributed by atoms with van der Waals surface area (Å²) in [5.74, 6) is 0. The largest absolute Gasteiger partial charge is 0.456 e. The first-order valence-corrected chi connectivity index (χ1v) is 23.1. The second-order valence-electron chi connectivity index (χ2n) is 18.5. The SMILES string of the molecule is CC1(C)c2ccccc2-c2ccc(N(c3ccc(-c4ccc(-n5c6ccccc6c6ccc7c8ccccc8oc7c65)cc4)cc3)c3ccc(-c4ccc5oc6ccccc6c5c4)cc3)cc21. The number of hydrogen-bond donors (Lipinski definition) is 0. The van der Waals surface area contributed by atoms with E-state index in [9.17, 15) is 0 Å². The molecule has 3 aromatic heterocycles. The summed E-state index contributed by atoms with van der Waals surface area (Å²) in [7, 11) is 0. The van der Waals surface area contributed by atoms with Crippen LogP contribution in [0.1, 0.15) is 25.0 Å². The Hall–Kier alpha value is -8.60. The van der Waals surface area contributed by atoms with E-state index in [0.717, 1.165) is 99.9 Å². The fourth-order valence-electron chi connectivity index (χ4n) is 11.1. The van der Waals surface area contributed by atoms with E-state index in [2.05, 4.69) is 224 Å². The predicted octanol–water partition coefficient (Wildman–Crippen LogP) is 17.7. The molecule has 0 saturated heterocycles. The molecule has 0 spiro atoms. The van der Waals surface area contributed by atoms with Gasteiger partial charge >= 0.3 is 0 Å². The molecule has 0 N–H and O–H groups in total. The first kappa shape index (κ1) is 37.7. The predicted molar refractivity (Wildman–Crippen MR) is 278 cm³/mol. The molecule has 3 heterocycles. The number of para-hydroxylation sites is 3. The highest BCUT2D eigenvalue weighted by atomic mass is 16.3. The third kappa shape index (κ3) is 5.66.